The van der Waals surface area contributed by atoms with Crippen LogP contribution in [0.4, 0.5) is 5.69 Å². The van der Waals surface area contributed by atoms with Crippen molar-refractivity contribution < 1.29 is 19.2 Å². The van der Waals surface area contributed by atoms with Crippen LogP contribution < -0.4 is 10.2 Å². The molecule has 2 N–H and O–H groups in total. The predicted molar refractivity (Wildman–Crippen MR) is 95.8 cm³/mol. The first-order valence-corrected chi connectivity index (χ1v) is 8.54. The summed E-state index contributed by atoms with van der Waals surface area (Å²) in [5.41, 5.74) is 2.22. The standard InChI is InChI=1S/C20H22N2O3/c1-15(23)17-8-5-9-18(14-17)21-20(24)19(16-6-3-2-4-7-16)22-10-12-25-13-11-22/h2-9,14,19H,10-13H2,1H3,(H,21,24)/p+1/t19-/m1/s1. The third kappa shape index (κ3) is 4.32. The molecule has 1 aliphatic rings. The molecule has 130 valence electrons. The molecule has 0 aliphatic carbocycles. The molecule has 1 saturated heterocycles. The van der Waals surface area contributed by atoms with Crippen molar-refractivity contribution in [3.8, 4) is 0 Å². The second kappa shape index (κ2) is 8.05. The Morgan fingerprint density at radius 1 is 1.04 bits per heavy atom. The van der Waals surface area contributed by atoms with Crippen LogP contribution in [0.5, 0.6) is 0 Å². The summed E-state index contributed by atoms with van der Waals surface area (Å²) in [6.07, 6.45) is 0. The van der Waals surface area contributed by atoms with E-state index in [1.807, 2.05) is 30.3 Å². The maximum atomic E-state index is 13.0. The van der Waals surface area contributed by atoms with E-state index in [1.165, 1.54) is 11.8 Å². The average molecular weight is 339 g/mol. The zero-order valence-electron chi connectivity index (χ0n) is 14.3. The molecule has 5 nitrogen and oxygen atoms in total. The number of hydrogen-bond acceptors (Lipinski definition) is 3. The minimum absolute atomic E-state index is 0.0190. The minimum atomic E-state index is -0.300. The van der Waals surface area contributed by atoms with Gasteiger partial charge < -0.3 is 15.0 Å². The van der Waals surface area contributed by atoms with E-state index >= 15 is 0 Å². The first-order chi connectivity index (χ1) is 12.1. The summed E-state index contributed by atoms with van der Waals surface area (Å²) < 4.78 is 5.44. The summed E-state index contributed by atoms with van der Waals surface area (Å²) in [5.74, 6) is -0.0849. The highest BCUT2D eigenvalue weighted by molar-refractivity contribution is 5.98. The predicted octanol–water partition coefficient (Wildman–Crippen LogP) is 1.48. The first kappa shape index (κ1) is 17.3. The molecule has 0 saturated carbocycles. The molecule has 0 radical (unpaired) electrons. The molecule has 0 bridgehead atoms. The second-order valence-corrected chi connectivity index (χ2v) is 6.24. The number of hydrogen-bond donors (Lipinski definition) is 2. The number of anilines is 1. The molecule has 1 heterocycles. The molecule has 2 aromatic rings. The van der Waals surface area contributed by atoms with Gasteiger partial charge in [-0.25, -0.2) is 0 Å². The molecule has 0 unspecified atom stereocenters. The number of quaternary nitrogens is 1. The Bertz CT molecular complexity index is 740. The van der Waals surface area contributed by atoms with E-state index in [0.29, 0.717) is 24.5 Å². The van der Waals surface area contributed by atoms with Crippen LogP contribution in [0.2, 0.25) is 0 Å². The summed E-state index contributed by atoms with van der Waals surface area (Å²) in [5, 5.41) is 2.98. The van der Waals surface area contributed by atoms with E-state index in [2.05, 4.69) is 5.32 Å². The van der Waals surface area contributed by atoms with Crippen LogP contribution in [0.1, 0.15) is 28.9 Å². The maximum Gasteiger partial charge on any atom is 0.287 e. The third-order valence-electron chi connectivity index (χ3n) is 4.48. The van der Waals surface area contributed by atoms with Gasteiger partial charge in [-0.1, -0.05) is 42.5 Å². The van der Waals surface area contributed by atoms with Crippen molar-refractivity contribution >= 4 is 17.4 Å². The fraction of sp³-hybridized carbons (Fsp3) is 0.300. The van der Waals surface area contributed by atoms with Crippen LogP contribution in [-0.2, 0) is 9.53 Å². The Labute approximate surface area is 147 Å². The molecule has 2 aromatic carbocycles. The SMILES string of the molecule is CC(=O)c1cccc(NC(=O)[C@@H](c2ccccc2)[NH+]2CCOCC2)c1. The van der Waals surface area contributed by atoms with Gasteiger partial charge in [-0.2, -0.15) is 0 Å². The molecular weight excluding hydrogens is 316 g/mol. The van der Waals surface area contributed by atoms with Crippen LogP contribution in [0.25, 0.3) is 0 Å². The number of carbonyl (C=O) groups excluding carboxylic acids is 2. The second-order valence-electron chi connectivity index (χ2n) is 6.24. The van der Waals surface area contributed by atoms with E-state index in [1.54, 1.807) is 24.3 Å². The molecule has 1 fully saturated rings. The van der Waals surface area contributed by atoms with Gasteiger partial charge in [0, 0.05) is 16.8 Å². The summed E-state index contributed by atoms with van der Waals surface area (Å²) in [6.45, 7) is 4.42. The van der Waals surface area contributed by atoms with E-state index in [0.717, 1.165) is 18.7 Å². The van der Waals surface area contributed by atoms with Crippen LogP contribution >= 0.6 is 0 Å². The number of benzene rings is 2. The van der Waals surface area contributed by atoms with Gasteiger partial charge in [0.15, 0.2) is 11.8 Å². The maximum absolute atomic E-state index is 13.0. The van der Waals surface area contributed by atoms with Gasteiger partial charge in [0.05, 0.1) is 13.2 Å². The zero-order chi connectivity index (χ0) is 17.6. The Hall–Kier alpha value is -2.50. The number of carbonyl (C=O) groups is 2. The monoisotopic (exact) mass is 339 g/mol. The lowest BCUT2D eigenvalue weighted by molar-refractivity contribution is -0.929. The van der Waals surface area contributed by atoms with Gasteiger partial charge in [-0.15, -0.1) is 0 Å². The zero-order valence-corrected chi connectivity index (χ0v) is 14.3. The van der Waals surface area contributed by atoms with Crippen molar-refractivity contribution in [3.63, 3.8) is 0 Å². The van der Waals surface area contributed by atoms with Crippen molar-refractivity contribution in [1.29, 1.82) is 0 Å². The Balaban J connectivity index is 1.84. The summed E-state index contributed by atoms with van der Waals surface area (Å²) in [7, 11) is 0. The number of morpholine rings is 1. The van der Waals surface area contributed by atoms with Crippen LogP contribution in [0.15, 0.2) is 54.6 Å². The van der Waals surface area contributed by atoms with Gasteiger partial charge in [0.25, 0.3) is 5.91 Å². The first-order valence-electron chi connectivity index (χ1n) is 8.54. The molecule has 1 atom stereocenters. The fourth-order valence-electron chi connectivity index (χ4n) is 3.17. The van der Waals surface area contributed by atoms with Gasteiger partial charge in [-0.05, 0) is 19.1 Å². The molecule has 1 aliphatic heterocycles. The normalized spacial score (nSPS) is 16.2. The minimum Gasteiger partial charge on any atom is -0.370 e. The van der Waals surface area contributed by atoms with Crippen molar-refractivity contribution in [1.82, 2.24) is 0 Å². The largest absolute Gasteiger partial charge is 0.370 e. The Morgan fingerprint density at radius 2 is 1.76 bits per heavy atom. The van der Waals surface area contributed by atoms with Crippen molar-refractivity contribution in [2.45, 2.75) is 13.0 Å². The third-order valence-corrected chi connectivity index (χ3v) is 4.48. The molecule has 25 heavy (non-hydrogen) atoms. The molecule has 5 heteroatoms. The summed E-state index contributed by atoms with van der Waals surface area (Å²) >= 11 is 0. The number of rotatable bonds is 5. The van der Waals surface area contributed by atoms with Crippen LogP contribution in [-0.4, -0.2) is 38.0 Å². The van der Waals surface area contributed by atoms with E-state index in [9.17, 15) is 9.59 Å². The number of ether oxygens (including phenoxy) is 1. The van der Waals surface area contributed by atoms with Gasteiger partial charge in [-0.3, -0.25) is 9.59 Å². The molecule has 3 rings (SSSR count). The number of ketones is 1. The number of amides is 1. The van der Waals surface area contributed by atoms with Gasteiger partial charge in [0.1, 0.15) is 13.1 Å². The fourth-order valence-corrected chi connectivity index (χ4v) is 3.17. The molecular formula is C20H23N2O3+. The Kier molecular flexibility index (Phi) is 5.58. The topological polar surface area (TPSA) is 59.8 Å². The molecule has 0 aromatic heterocycles. The quantitative estimate of drug-likeness (QED) is 0.812. The molecule has 1 amide bonds. The molecule has 0 spiro atoms. The van der Waals surface area contributed by atoms with E-state index in [-0.39, 0.29) is 17.7 Å². The highest BCUT2D eigenvalue weighted by Gasteiger charge is 2.32. The highest BCUT2D eigenvalue weighted by atomic mass is 16.5. The average Bonchev–Trinajstić information content (AvgIpc) is 2.64. The highest BCUT2D eigenvalue weighted by Crippen LogP contribution is 2.16. The van der Waals surface area contributed by atoms with Crippen molar-refractivity contribution in [3.05, 3.63) is 65.7 Å². The van der Waals surface area contributed by atoms with Crippen LogP contribution in [0.3, 0.4) is 0 Å². The number of nitrogens with one attached hydrogen (secondary N) is 2. The van der Waals surface area contributed by atoms with E-state index < -0.39 is 0 Å². The summed E-state index contributed by atoms with van der Waals surface area (Å²) in [6, 6.07) is 16.6. The van der Waals surface area contributed by atoms with Crippen LogP contribution in [0, 0.1) is 0 Å². The van der Waals surface area contributed by atoms with Gasteiger partial charge in [0.2, 0.25) is 0 Å². The summed E-state index contributed by atoms with van der Waals surface area (Å²) in [4.78, 5) is 25.8. The number of Topliss-reactive ketones (excluding diaryl/α,β-unsaturated/α-hetero) is 1. The lowest BCUT2D eigenvalue weighted by Crippen LogP contribution is -3.15. The van der Waals surface area contributed by atoms with Gasteiger partial charge >= 0.3 is 0 Å². The van der Waals surface area contributed by atoms with E-state index in [4.69, 9.17) is 4.74 Å². The van der Waals surface area contributed by atoms with Crippen molar-refractivity contribution in [2.24, 2.45) is 0 Å². The lowest BCUT2D eigenvalue weighted by atomic mass is 10.0. The smallest absolute Gasteiger partial charge is 0.287 e. The van der Waals surface area contributed by atoms with Crippen molar-refractivity contribution in [2.75, 3.05) is 31.6 Å². The lowest BCUT2D eigenvalue weighted by Gasteiger charge is -2.30. The Morgan fingerprint density at radius 3 is 2.44 bits per heavy atom.